The standard InChI is InChI=1S/C9H14N4O2S/c1-2-6-3-4-7(5-8(6)10)16(14,15)13-9(11)12/h3-5H,2,10H2,1H3,(H4,11,12,13). The lowest BCUT2D eigenvalue weighted by Gasteiger charge is -2.05. The monoisotopic (exact) mass is 242 g/mol. The fourth-order valence-electron chi connectivity index (χ4n) is 1.25. The number of anilines is 1. The second kappa shape index (κ2) is 4.40. The minimum Gasteiger partial charge on any atom is -0.398 e. The van der Waals surface area contributed by atoms with E-state index >= 15 is 0 Å². The Morgan fingerprint density at radius 1 is 1.38 bits per heavy atom. The summed E-state index contributed by atoms with van der Waals surface area (Å²) in [7, 11) is -3.85. The molecule has 0 aliphatic heterocycles. The van der Waals surface area contributed by atoms with E-state index in [1.807, 2.05) is 6.92 Å². The Balaban J connectivity index is 3.26. The normalized spacial score (nSPS) is 11.1. The summed E-state index contributed by atoms with van der Waals surface area (Å²) < 4.78 is 26.3. The van der Waals surface area contributed by atoms with E-state index in [4.69, 9.17) is 17.2 Å². The number of rotatable bonds is 3. The zero-order chi connectivity index (χ0) is 12.3. The van der Waals surface area contributed by atoms with Crippen LogP contribution in [0.1, 0.15) is 12.5 Å². The first-order valence-corrected chi connectivity index (χ1v) is 6.05. The molecule has 0 atom stereocenters. The highest BCUT2D eigenvalue weighted by molar-refractivity contribution is 7.90. The van der Waals surface area contributed by atoms with Gasteiger partial charge < -0.3 is 17.2 Å². The van der Waals surface area contributed by atoms with Crippen molar-refractivity contribution in [2.24, 2.45) is 15.9 Å². The molecule has 0 fully saturated rings. The van der Waals surface area contributed by atoms with Gasteiger partial charge in [0.2, 0.25) is 5.96 Å². The van der Waals surface area contributed by atoms with E-state index in [-0.39, 0.29) is 4.90 Å². The van der Waals surface area contributed by atoms with Crippen LogP contribution in [-0.4, -0.2) is 14.4 Å². The molecule has 7 heteroatoms. The van der Waals surface area contributed by atoms with E-state index in [0.717, 1.165) is 12.0 Å². The van der Waals surface area contributed by atoms with Gasteiger partial charge >= 0.3 is 0 Å². The number of guanidine groups is 1. The molecule has 0 saturated carbocycles. The highest BCUT2D eigenvalue weighted by atomic mass is 32.2. The lowest BCUT2D eigenvalue weighted by molar-refractivity contribution is 0.598. The van der Waals surface area contributed by atoms with Gasteiger partial charge in [0.15, 0.2) is 0 Å². The van der Waals surface area contributed by atoms with Gasteiger partial charge in [0.1, 0.15) is 0 Å². The number of hydrogen-bond acceptors (Lipinski definition) is 3. The third-order valence-corrected chi connectivity index (χ3v) is 3.32. The molecule has 0 heterocycles. The van der Waals surface area contributed by atoms with Crippen LogP contribution in [0.2, 0.25) is 0 Å². The van der Waals surface area contributed by atoms with E-state index in [1.54, 1.807) is 6.07 Å². The van der Waals surface area contributed by atoms with Crippen LogP contribution in [0.25, 0.3) is 0 Å². The largest absolute Gasteiger partial charge is 0.398 e. The highest BCUT2D eigenvalue weighted by Crippen LogP contribution is 2.19. The number of aryl methyl sites for hydroxylation is 1. The van der Waals surface area contributed by atoms with Crippen molar-refractivity contribution < 1.29 is 8.42 Å². The van der Waals surface area contributed by atoms with Crippen molar-refractivity contribution in [1.29, 1.82) is 0 Å². The maximum atomic E-state index is 11.6. The molecule has 1 aromatic carbocycles. The van der Waals surface area contributed by atoms with Gasteiger partial charge in [-0.25, -0.2) is 0 Å². The summed E-state index contributed by atoms with van der Waals surface area (Å²) in [5.74, 6) is -0.502. The van der Waals surface area contributed by atoms with Crippen molar-refractivity contribution in [2.75, 3.05) is 5.73 Å². The molecular weight excluding hydrogens is 228 g/mol. The average Bonchev–Trinajstić information content (AvgIpc) is 2.15. The zero-order valence-electron chi connectivity index (χ0n) is 8.84. The van der Waals surface area contributed by atoms with Crippen LogP contribution in [0.3, 0.4) is 0 Å². The molecule has 1 aromatic rings. The minimum absolute atomic E-state index is 0.0180. The third-order valence-electron chi connectivity index (χ3n) is 2.02. The second-order valence-corrected chi connectivity index (χ2v) is 4.81. The van der Waals surface area contributed by atoms with Crippen LogP contribution >= 0.6 is 0 Å². The summed E-state index contributed by atoms with van der Waals surface area (Å²) in [4.78, 5) is -0.0180. The van der Waals surface area contributed by atoms with E-state index in [9.17, 15) is 8.42 Å². The lowest BCUT2D eigenvalue weighted by Crippen LogP contribution is -2.24. The van der Waals surface area contributed by atoms with Crippen LogP contribution in [0, 0.1) is 0 Å². The molecule has 0 radical (unpaired) electrons. The second-order valence-electron chi connectivity index (χ2n) is 3.21. The molecule has 16 heavy (non-hydrogen) atoms. The SMILES string of the molecule is CCc1ccc(S(=O)(=O)N=C(N)N)cc1N. The van der Waals surface area contributed by atoms with Crippen LogP contribution in [0.5, 0.6) is 0 Å². The van der Waals surface area contributed by atoms with Gasteiger partial charge in [0, 0.05) is 5.69 Å². The number of nitrogens with two attached hydrogens (primary N) is 3. The van der Waals surface area contributed by atoms with Crippen molar-refractivity contribution in [1.82, 2.24) is 0 Å². The molecule has 0 aromatic heterocycles. The number of hydrogen-bond donors (Lipinski definition) is 3. The van der Waals surface area contributed by atoms with Crippen molar-refractivity contribution in [3.05, 3.63) is 23.8 Å². The Morgan fingerprint density at radius 3 is 2.44 bits per heavy atom. The Bertz CT molecular complexity index is 518. The average molecular weight is 242 g/mol. The summed E-state index contributed by atoms with van der Waals surface area (Å²) in [6.45, 7) is 1.93. The van der Waals surface area contributed by atoms with Gasteiger partial charge in [-0.15, -0.1) is 4.40 Å². The van der Waals surface area contributed by atoms with E-state index in [0.29, 0.717) is 5.69 Å². The number of sulfonamides is 1. The third kappa shape index (κ3) is 2.63. The molecule has 0 amide bonds. The first kappa shape index (κ1) is 12.3. The molecule has 6 N–H and O–H groups in total. The molecule has 0 spiro atoms. The van der Waals surface area contributed by atoms with Crippen molar-refractivity contribution in [2.45, 2.75) is 18.2 Å². The first-order chi connectivity index (χ1) is 7.36. The molecule has 0 bridgehead atoms. The van der Waals surface area contributed by atoms with Gasteiger partial charge in [0.05, 0.1) is 4.90 Å². The van der Waals surface area contributed by atoms with Crippen molar-refractivity contribution >= 4 is 21.7 Å². The topological polar surface area (TPSA) is 125 Å². The summed E-state index contributed by atoms with van der Waals surface area (Å²) >= 11 is 0. The van der Waals surface area contributed by atoms with E-state index in [2.05, 4.69) is 4.40 Å². The predicted octanol–water partition coefficient (Wildman–Crippen LogP) is -0.207. The van der Waals surface area contributed by atoms with Crippen LogP contribution in [0.4, 0.5) is 5.69 Å². The molecule has 0 saturated heterocycles. The van der Waals surface area contributed by atoms with Gasteiger partial charge in [0.25, 0.3) is 10.0 Å². The summed E-state index contributed by atoms with van der Waals surface area (Å²) in [6, 6.07) is 4.42. The van der Waals surface area contributed by atoms with Gasteiger partial charge in [-0.05, 0) is 24.1 Å². The van der Waals surface area contributed by atoms with Gasteiger partial charge in [-0.1, -0.05) is 13.0 Å². The van der Waals surface area contributed by atoms with E-state index < -0.39 is 16.0 Å². The molecule has 88 valence electrons. The molecule has 0 unspecified atom stereocenters. The van der Waals surface area contributed by atoms with Crippen LogP contribution < -0.4 is 17.2 Å². The number of nitrogen functional groups attached to an aromatic ring is 1. The Kier molecular flexibility index (Phi) is 3.38. The van der Waals surface area contributed by atoms with Crippen LogP contribution in [0.15, 0.2) is 27.5 Å². The summed E-state index contributed by atoms with van der Waals surface area (Å²) in [5.41, 5.74) is 17.0. The van der Waals surface area contributed by atoms with Crippen molar-refractivity contribution in [3.63, 3.8) is 0 Å². The zero-order valence-corrected chi connectivity index (χ0v) is 9.66. The highest BCUT2D eigenvalue weighted by Gasteiger charge is 2.14. The lowest BCUT2D eigenvalue weighted by atomic mass is 10.1. The number of nitrogens with zero attached hydrogens (tertiary/aromatic N) is 1. The molecule has 0 aliphatic rings. The number of benzene rings is 1. The minimum atomic E-state index is -3.85. The van der Waals surface area contributed by atoms with Crippen LogP contribution in [-0.2, 0) is 16.4 Å². The quantitative estimate of drug-likeness (QED) is 0.384. The smallest absolute Gasteiger partial charge is 0.285 e. The summed E-state index contributed by atoms with van der Waals surface area (Å²) in [5, 5.41) is 0. The fourth-order valence-corrected chi connectivity index (χ4v) is 2.15. The Hall–Kier alpha value is -1.76. The molecule has 1 rings (SSSR count). The van der Waals surface area contributed by atoms with E-state index in [1.165, 1.54) is 12.1 Å². The predicted molar refractivity (Wildman–Crippen MR) is 63.2 cm³/mol. The fraction of sp³-hybridized carbons (Fsp3) is 0.222. The maximum absolute atomic E-state index is 11.6. The van der Waals surface area contributed by atoms with Gasteiger partial charge in [-0.2, -0.15) is 8.42 Å². The maximum Gasteiger partial charge on any atom is 0.285 e. The van der Waals surface area contributed by atoms with Gasteiger partial charge in [-0.3, -0.25) is 0 Å². The first-order valence-electron chi connectivity index (χ1n) is 4.61. The summed E-state index contributed by atoms with van der Waals surface area (Å²) in [6.07, 6.45) is 0.731. The Labute approximate surface area is 94.2 Å². The van der Waals surface area contributed by atoms with Crippen molar-refractivity contribution in [3.8, 4) is 0 Å². The Morgan fingerprint density at radius 2 is 2.00 bits per heavy atom. The molecular formula is C9H14N4O2S. The molecule has 0 aliphatic carbocycles. The molecule has 6 nitrogen and oxygen atoms in total.